The molecule has 0 aliphatic heterocycles. The van der Waals surface area contributed by atoms with Crippen molar-refractivity contribution in [2.75, 3.05) is 11.9 Å². The van der Waals surface area contributed by atoms with Crippen molar-refractivity contribution in [1.29, 1.82) is 5.26 Å². The summed E-state index contributed by atoms with van der Waals surface area (Å²) in [5.41, 5.74) is 6.43. The van der Waals surface area contributed by atoms with E-state index in [1.807, 2.05) is 0 Å². The largest absolute Gasteiger partial charge is 0.367 e. The second-order valence-electron chi connectivity index (χ2n) is 3.80. The molecular formula is C11H16N4. The van der Waals surface area contributed by atoms with Crippen LogP contribution < -0.4 is 11.1 Å². The average molecular weight is 204 g/mol. The number of rotatable bonds is 4. The quantitative estimate of drug-likeness (QED) is 0.776. The van der Waals surface area contributed by atoms with Gasteiger partial charge in [-0.2, -0.15) is 5.26 Å². The van der Waals surface area contributed by atoms with E-state index < -0.39 is 0 Å². The zero-order chi connectivity index (χ0) is 11.3. The van der Waals surface area contributed by atoms with Gasteiger partial charge in [-0.15, -0.1) is 0 Å². The SMILES string of the molecule is CC(C)C(N)CNc1ncccc1C#N. The van der Waals surface area contributed by atoms with E-state index in [1.165, 1.54) is 0 Å². The fourth-order valence-electron chi connectivity index (χ4n) is 1.09. The van der Waals surface area contributed by atoms with Crippen molar-refractivity contribution >= 4 is 5.82 Å². The molecule has 0 aliphatic rings. The molecule has 1 heterocycles. The van der Waals surface area contributed by atoms with Crippen molar-refractivity contribution < 1.29 is 0 Å². The zero-order valence-electron chi connectivity index (χ0n) is 9.07. The monoisotopic (exact) mass is 204 g/mol. The highest BCUT2D eigenvalue weighted by molar-refractivity contribution is 5.51. The number of nitrogens with one attached hydrogen (secondary N) is 1. The van der Waals surface area contributed by atoms with Crippen molar-refractivity contribution in [3.8, 4) is 6.07 Å². The molecule has 3 N–H and O–H groups in total. The molecular weight excluding hydrogens is 188 g/mol. The Morgan fingerprint density at radius 3 is 2.93 bits per heavy atom. The first-order valence-corrected chi connectivity index (χ1v) is 4.99. The van der Waals surface area contributed by atoms with Gasteiger partial charge in [0, 0.05) is 18.8 Å². The third-order valence-electron chi connectivity index (χ3n) is 2.29. The van der Waals surface area contributed by atoms with Crippen molar-refractivity contribution in [1.82, 2.24) is 4.98 Å². The first-order chi connectivity index (χ1) is 7.15. The van der Waals surface area contributed by atoms with Crippen LogP contribution in [0, 0.1) is 17.2 Å². The summed E-state index contributed by atoms with van der Waals surface area (Å²) in [5.74, 6) is 1.02. The molecule has 1 rings (SSSR count). The van der Waals surface area contributed by atoms with Gasteiger partial charge in [0.05, 0.1) is 5.56 Å². The molecule has 0 aliphatic carbocycles. The summed E-state index contributed by atoms with van der Waals surface area (Å²) in [6.07, 6.45) is 1.66. The van der Waals surface area contributed by atoms with Gasteiger partial charge in [-0.1, -0.05) is 13.8 Å². The molecule has 0 saturated heterocycles. The van der Waals surface area contributed by atoms with E-state index in [1.54, 1.807) is 18.3 Å². The van der Waals surface area contributed by atoms with Gasteiger partial charge < -0.3 is 11.1 Å². The lowest BCUT2D eigenvalue weighted by atomic mass is 10.1. The highest BCUT2D eigenvalue weighted by atomic mass is 15.0. The van der Waals surface area contributed by atoms with Crippen LogP contribution in [-0.2, 0) is 0 Å². The number of hydrogen-bond donors (Lipinski definition) is 2. The van der Waals surface area contributed by atoms with E-state index in [2.05, 4.69) is 30.2 Å². The molecule has 1 aromatic rings. The summed E-state index contributed by atoms with van der Waals surface area (Å²) in [4.78, 5) is 4.09. The summed E-state index contributed by atoms with van der Waals surface area (Å²) in [5, 5.41) is 11.9. The maximum absolute atomic E-state index is 8.83. The van der Waals surface area contributed by atoms with Gasteiger partial charge in [0.25, 0.3) is 0 Å². The minimum Gasteiger partial charge on any atom is -0.367 e. The molecule has 1 unspecified atom stereocenters. The Bertz CT molecular complexity index is 354. The number of nitrogens with two attached hydrogens (primary N) is 1. The highest BCUT2D eigenvalue weighted by Gasteiger charge is 2.08. The predicted octanol–water partition coefficient (Wildman–Crippen LogP) is 1.35. The van der Waals surface area contributed by atoms with Crippen molar-refractivity contribution in [2.45, 2.75) is 19.9 Å². The summed E-state index contributed by atoms with van der Waals surface area (Å²) in [7, 11) is 0. The Balaban J connectivity index is 2.62. The Kier molecular flexibility index (Phi) is 4.07. The van der Waals surface area contributed by atoms with Gasteiger partial charge >= 0.3 is 0 Å². The molecule has 1 atom stereocenters. The van der Waals surface area contributed by atoms with Crippen molar-refractivity contribution in [3.05, 3.63) is 23.9 Å². The number of nitrogens with zero attached hydrogens (tertiary/aromatic N) is 2. The smallest absolute Gasteiger partial charge is 0.143 e. The Morgan fingerprint density at radius 1 is 1.60 bits per heavy atom. The molecule has 15 heavy (non-hydrogen) atoms. The van der Waals surface area contributed by atoms with Gasteiger partial charge in [-0.3, -0.25) is 0 Å². The standard InChI is InChI=1S/C11H16N4/c1-8(2)10(13)7-15-11-9(6-12)4-3-5-14-11/h3-5,8,10H,7,13H2,1-2H3,(H,14,15). The van der Waals surface area contributed by atoms with Gasteiger partial charge in [0.2, 0.25) is 0 Å². The topological polar surface area (TPSA) is 74.7 Å². The number of nitriles is 1. The molecule has 0 bridgehead atoms. The van der Waals surface area contributed by atoms with E-state index >= 15 is 0 Å². The van der Waals surface area contributed by atoms with Crippen LogP contribution in [0.4, 0.5) is 5.82 Å². The van der Waals surface area contributed by atoms with Crippen molar-refractivity contribution in [2.24, 2.45) is 11.7 Å². The maximum atomic E-state index is 8.83. The molecule has 4 heteroatoms. The van der Waals surface area contributed by atoms with Gasteiger partial charge in [-0.25, -0.2) is 4.98 Å². The summed E-state index contributed by atoms with van der Waals surface area (Å²) < 4.78 is 0. The third kappa shape index (κ3) is 3.22. The minimum atomic E-state index is 0.0681. The lowest BCUT2D eigenvalue weighted by Gasteiger charge is -2.16. The van der Waals surface area contributed by atoms with E-state index in [0.29, 0.717) is 23.8 Å². The van der Waals surface area contributed by atoms with Crippen LogP contribution in [-0.4, -0.2) is 17.6 Å². The predicted molar refractivity (Wildman–Crippen MR) is 60.3 cm³/mol. The zero-order valence-corrected chi connectivity index (χ0v) is 9.07. The Hall–Kier alpha value is -1.60. The van der Waals surface area contributed by atoms with Gasteiger partial charge in [0.1, 0.15) is 11.9 Å². The number of aromatic nitrogens is 1. The van der Waals surface area contributed by atoms with Gasteiger partial charge in [-0.05, 0) is 18.1 Å². The molecule has 0 spiro atoms. The fourth-order valence-corrected chi connectivity index (χ4v) is 1.09. The Labute approximate surface area is 90.1 Å². The third-order valence-corrected chi connectivity index (χ3v) is 2.29. The van der Waals surface area contributed by atoms with Crippen LogP contribution in [0.25, 0.3) is 0 Å². The molecule has 80 valence electrons. The van der Waals surface area contributed by atoms with Crippen LogP contribution >= 0.6 is 0 Å². The summed E-state index contributed by atoms with van der Waals surface area (Å²) in [6.45, 7) is 4.76. The normalized spacial score (nSPS) is 12.2. The van der Waals surface area contributed by atoms with Gasteiger partial charge in [0.15, 0.2) is 0 Å². The minimum absolute atomic E-state index is 0.0681. The fraction of sp³-hybridized carbons (Fsp3) is 0.455. The average Bonchev–Trinajstić information content (AvgIpc) is 2.26. The van der Waals surface area contributed by atoms with Crippen LogP contribution in [0.15, 0.2) is 18.3 Å². The van der Waals surface area contributed by atoms with E-state index in [9.17, 15) is 0 Å². The number of hydrogen-bond acceptors (Lipinski definition) is 4. The first kappa shape index (κ1) is 11.5. The molecule has 0 amide bonds. The molecule has 0 aromatic carbocycles. The van der Waals surface area contributed by atoms with E-state index in [-0.39, 0.29) is 6.04 Å². The maximum Gasteiger partial charge on any atom is 0.143 e. The van der Waals surface area contributed by atoms with Crippen LogP contribution in [0.3, 0.4) is 0 Å². The van der Waals surface area contributed by atoms with Crippen LogP contribution in [0.5, 0.6) is 0 Å². The Morgan fingerprint density at radius 2 is 2.33 bits per heavy atom. The molecule has 0 radical (unpaired) electrons. The van der Waals surface area contributed by atoms with E-state index in [4.69, 9.17) is 11.0 Å². The second-order valence-corrected chi connectivity index (χ2v) is 3.80. The van der Waals surface area contributed by atoms with Crippen molar-refractivity contribution in [3.63, 3.8) is 0 Å². The molecule has 0 fully saturated rings. The van der Waals surface area contributed by atoms with Crippen LogP contribution in [0.2, 0.25) is 0 Å². The highest BCUT2D eigenvalue weighted by Crippen LogP contribution is 2.10. The van der Waals surface area contributed by atoms with Crippen LogP contribution in [0.1, 0.15) is 19.4 Å². The number of anilines is 1. The lowest BCUT2D eigenvalue weighted by Crippen LogP contribution is -2.34. The first-order valence-electron chi connectivity index (χ1n) is 4.99. The lowest BCUT2D eigenvalue weighted by molar-refractivity contribution is 0.511. The molecule has 1 aromatic heterocycles. The molecule has 0 saturated carbocycles. The summed E-state index contributed by atoms with van der Waals surface area (Å²) >= 11 is 0. The second kappa shape index (κ2) is 5.32. The number of pyridine rings is 1. The summed E-state index contributed by atoms with van der Waals surface area (Å²) in [6, 6.07) is 5.63. The van der Waals surface area contributed by atoms with E-state index in [0.717, 1.165) is 0 Å². The molecule has 4 nitrogen and oxygen atoms in total.